The summed E-state index contributed by atoms with van der Waals surface area (Å²) in [5.41, 5.74) is -0.0867. The van der Waals surface area contributed by atoms with E-state index in [0.29, 0.717) is 0 Å². The Labute approximate surface area is 122 Å². The Morgan fingerprint density at radius 3 is 2.45 bits per heavy atom. The number of hydrogen-bond donors (Lipinski definition) is 2. The maximum absolute atomic E-state index is 9.01. The molecule has 5 heteroatoms. The zero-order chi connectivity index (χ0) is 15.2. The molecule has 0 bridgehead atoms. The number of anilines is 2. The van der Waals surface area contributed by atoms with Crippen molar-refractivity contribution in [2.75, 3.05) is 36.5 Å². The second-order valence-electron chi connectivity index (χ2n) is 5.87. The largest absolute Gasteiger partial charge is 0.396 e. The van der Waals surface area contributed by atoms with Gasteiger partial charge in [-0.15, -0.1) is 0 Å². The lowest BCUT2D eigenvalue weighted by molar-refractivity contribution is 0.289. The second kappa shape index (κ2) is 7.43. The van der Waals surface area contributed by atoms with Gasteiger partial charge >= 0.3 is 0 Å². The molecular formula is C15H28N4O. The molecule has 114 valence electrons. The first kappa shape index (κ1) is 16.7. The summed E-state index contributed by atoms with van der Waals surface area (Å²) >= 11 is 0. The molecule has 1 rings (SSSR count). The predicted octanol–water partition coefficient (Wildman–Crippen LogP) is 2.41. The van der Waals surface area contributed by atoms with Crippen molar-refractivity contribution in [3.63, 3.8) is 0 Å². The van der Waals surface area contributed by atoms with E-state index >= 15 is 0 Å². The van der Waals surface area contributed by atoms with Gasteiger partial charge in [0.2, 0.25) is 0 Å². The van der Waals surface area contributed by atoms with Crippen LogP contribution < -0.4 is 10.2 Å². The van der Waals surface area contributed by atoms with Crippen molar-refractivity contribution in [1.29, 1.82) is 0 Å². The molecule has 1 heterocycles. The van der Waals surface area contributed by atoms with Crippen molar-refractivity contribution in [3.8, 4) is 0 Å². The molecule has 0 spiro atoms. The number of rotatable bonds is 7. The summed E-state index contributed by atoms with van der Waals surface area (Å²) in [5.74, 6) is 2.63. The van der Waals surface area contributed by atoms with Crippen molar-refractivity contribution in [1.82, 2.24) is 9.97 Å². The highest BCUT2D eigenvalue weighted by molar-refractivity contribution is 5.50. The van der Waals surface area contributed by atoms with E-state index in [2.05, 4.69) is 49.8 Å². The van der Waals surface area contributed by atoms with Crippen LogP contribution in [-0.2, 0) is 5.41 Å². The molecule has 0 aliphatic heterocycles. The summed E-state index contributed by atoms with van der Waals surface area (Å²) in [4.78, 5) is 11.5. The van der Waals surface area contributed by atoms with Gasteiger partial charge in [0.1, 0.15) is 17.5 Å². The summed E-state index contributed by atoms with van der Waals surface area (Å²) in [5, 5.41) is 12.3. The van der Waals surface area contributed by atoms with Crippen LogP contribution in [0.1, 0.15) is 46.9 Å². The molecule has 0 fully saturated rings. The third kappa shape index (κ3) is 4.63. The third-order valence-electron chi connectivity index (χ3n) is 3.03. The fourth-order valence-electron chi connectivity index (χ4n) is 1.90. The van der Waals surface area contributed by atoms with Crippen LogP contribution >= 0.6 is 0 Å². The maximum atomic E-state index is 9.01. The molecule has 0 saturated heterocycles. The van der Waals surface area contributed by atoms with Gasteiger partial charge in [-0.3, -0.25) is 0 Å². The fraction of sp³-hybridized carbons (Fsp3) is 0.733. The van der Waals surface area contributed by atoms with Crippen LogP contribution in [0.5, 0.6) is 0 Å². The van der Waals surface area contributed by atoms with Crippen LogP contribution in [-0.4, -0.2) is 41.3 Å². The minimum Gasteiger partial charge on any atom is -0.396 e. The molecule has 20 heavy (non-hydrogen) atoms. The van der Waals surface area contributed by atoms with Crippen LogP contribution in [0.2, 0.25) is 0 Å². The molecule has 0 radical (unpaired) electrons. The number of aliphatic hydroxyl groups is 1. The van der Waals surface area contributed by atoms with Gasteiger partial charge in [-0.25, -0.2) is 9.97 Å². The zero-order valence-electron chi connectivity index (χ0n) is 13.4. The SMILES string of the molecule is CCNc1cc(N(CC)CCCO)nc(C(C)(C)C)n1. The Morgan fingerprint density at radius 1 is 1.25 bits per heavy atom. The van der Waals surface area contributed by atoms with Crippen molar-refractivity contribution in [2.45, 2.75) is 46.5 Å². The maximum Gasteiger partial charge on any atom is 0.138 e. The molecule has 0 saturated carbocycles. The molecule has 0 amide bonds. The highest BCUT2D eigenvalue weighted by Gasteiger charge is 2.20. The fourth-order valence-corrected chi connectivity index (χ4v) is 1.90. The van der Waals surface area contributed by atoms with Gasteiger partial charge in [0.05, 0.1) is 0 Å². The molecule has 5 nitrogen and oxygen atoms in total. The van der Waals surface area contributed by atoms with E-state index in [4.69, 9.17) is 10.1 Å². The predicted molar refractivity (Wildman–Crippen MR) is 84.5 cm³/mol. The van der Waals surface area contributed by atoms with Crippen LogP contribution in [0.25, 0.3) is 0 Å². The van der Waals surface area contributed by atoms with Gasteiger partial charge in [-0.1, -0.05) is 20.8 Å². The molecule has 0 unspecified atom stereocenters. The Kier molecular flexibility index (Phi) is 6.20. The molecule has 0 aromatic carbocycles. The van der Waals surface area contributed by atoms with Gasteiger partial charge in [-0.05, 0) is 20.3 Å². The van der Waals surface area contributed by atoms with Crippen LogP contribution in [0.4, 0.5) is 11.6 Å². The topological polar surface area (TPSA) is 61.3 Å². The van der Waals surface area contributed by atoms with Gasteiger partial charge in [0, 0.05) is 37.7 Å². The third-order valence-corrected chi connectivity index (χ3v) is 3.03. The molecule has 0 aliphatic rings. The Morgan fingerprint density at radius 2 is 1.95 bits per heavy atom. The van der Waals surface area contributed by atoms with E-state index in [1.807, 2.05) is 6.07 Å². The van der Waals surface area contributed by atoms with Gasteiger partial charge < -0.3 is 15.3 Å². The number of aromatic nitrogens is 2. The first-order valence-electron chi connectivity index (χ1n) is 7.41. The van der Waals surface area contributed by atoms with Crippen molar-refractivity contribution in [2.24, 2.45) is 0 Å². The average molecular weight is 280 g/mol. The van der Waals surface area contributed by atoms with E-state index in [1.165, 1.54) is 0 Å². The lowest BCUT2D eigenvalue weighted by Crippen LogP contribution is -2.28. The van der Waals surface area contributed by atoms with Gasteiger partial charge in [0.25, 0.3) is 0 Å². The quantitative estimate of drug-likeness (QED) is 0.803. The van der Waals surface area contributed by atoms with E-state index in [-0.39, 0.29) is 12.0 Å². The average Bonchev–Trinajstić information content (AvgIpc) is 2.39. The second-order valence-corrected chi connectivity index (χ2v) is 5.87. The number of aliphatic hydroxyl groups excluding tert-OH is 1. The Balaban J connectivity index is 3.12. The Hall–Kier alpha value is -1.36. The highest BCUT2D eigenvalue weighted by atomic mass is 16.3. The summed E-state index contributed by atoms with van der Waals surface area (Å²) in [6.45, 7) is 13.2. The minimum absolute atomic E-state index is 0.0867. The highest BCUT2D eigenvalue weighted by Crippen LogP contribution is 2.24. The van der Waals surface area contributed by atoms with Crippen LogP contribution in [0, 0.1) is 0 Å². The summed E-state index contributed by atoms with van der Waals surface area (Å²) in [6, 6.07) is 1.99. The first-order chi connectivity index (χ1) is 9.42. The van der Waals surface area contributed by atoms with Crippen molar-refractivity contribution >= 4 is 11.6 Å². The summed E-state index contributed by atoms with van der Waals surface area (Å²) in [7, 11) is 0. The monoisotopic (exact) mass is 280 g/mol. The molecule has 0 atom stereocenters. The molecular weight excluding hydrogens is 252 g/mol. The zero-order valence-corrected chi connectivity index (χ0v) is 13.4. The van der Waals surface area contributed by atoms with E-state index in [9.17, 15) is 0 Å². The normalized spacial score (nSPS) is 11.5. The van der Waals surface area contributed by atoms with E-state index < -0.39 is 0 Å². The summed E-state index contributed by atoms with van der Waals surface area (Å²) in [6.07, 6.45) is 0.749. The first-order valence-corrected chi connectivity index (χ1v) is 7.41. The minimum atomic E-state index is -0.0867. The standard InChI is InChI=1S/C15H28N4O/c1-6-16-12-11-13(19(7-2)9-8-10-20)18-14(17-12)15(3,4)5/h11,20H,6-10H2,1-5H3,(H,16,17,18). The van der Waals surface area contributed by atoms with E-state index in [1.54, 1.807) is 0 Å². The molecule has 0 aliphatic carbocycles. The van der Waals surface area contributed by atoms with Crippen LogP contribution in [0.15, 0.2) is 6.07 Å². The molecule has 1 aromatic rings. The lowest BCUT2D eigenvalue weighted by Gasteiger charge is -2.25. The smallest absolute Gasteiger partial charge is 0.138 e. The molecule has 1 aromatic heterocycles. The van der Waals surface area contributed by atoms with E-state index in [0.717, 1.165) is 43.5 Å². The van der Waals surface area contributed by atoms with Crippen molar-refractivity contribution in [3.05, 3.63) is 11.9 Å². The molecule has 2 N–H and O–H groups in total. The van der Waals surface area contributed by atoms with Crippen molar-refractivity contribution < 1.29 is 5.11 Å². The lowest BCUT2D eigenvalue weighted by atomic mass is 9.96. The van der Waals surface area contributed by atoms with Gasteiger partial charge in [0.15, 0.2) is 0 Å². The van der Waals surface area contributed by atoms with Crippen LogP contribution in [0.3, 0.4) is 0 Å². The number of hydrogen-bond acceptors (Lipinski definition) is 5. The number of nitrogens with one attached hydrogen (secondary N) is 1. The summed E-state index contributed by atoms with van der Waals surface area (Å²) < 4.78 is 0. The van der Waals surface area contributed by atoms with Gasteiger partial charge in [-0.2, -0.15) is 0 Å². The number of nitrogens with zero attached hydrogens (tertiary/aromatic N) is 3. The Bertz CT molecular complexity index is 415.